The Morgan fingerprint density at radius 3 is 2.65 bits per heavy atom. The van der Waals surface area contributed by atoms with Gasteiger partial charge in [-0.2, -0.15) is 5.10 Å². The average Bonchev–Trinajstić information content (AvgIpc) is 2.42. The highest BCUT2D eigenvalue weighted by Gasteiger charge is 2.08. The Labute approximate surface area is 118 Å². The smallest absolute Gasteiger partial charge is 0.245 e. The molecule has 0 saturated heterocycles. The second-order valence-electron chi connectivity index (χ2n) is 4.75. The van der Waals surface area contributed by atoms with Crippen molar-refractivity contribution in [2.45, 2.75) is 20.4 Å². The van der Waals surface area contributed by atoms with E-state index >= 15 is 0 Å². The molecule has 6 heteroatoms. The molecular weight excluding hydrogens is 252 g/mol. The minimum Gasteiger partial charge on any atom is -0.384 e. The zero-order chi connectivity index (χ0) is 14.7. The van der Waals surface area contributed by atoms with E-state index in [9.17, 15) is 0 Å². The molecule has 0 amide bonds. The van der Waals surface area contributed by atoms with Gasteiger partial charge in [-0.1, -0.05) is 18.2 Å². The lowest BCUT2D eigenvalue weighted by atomic mass is 10.1. The van der Waals surface area contributed by atoms with E-state index in [4.69, 9.17) is 11.1 Å². The lowest BCUT2D eigenvalue weighted by Gasteiger charge is -2.17. The standard InChI is InChI=1S/C14H18N6/c1-9-10(2)18-19-14(17-9)20(3)8-11-5-4-6-12(7-11)13(15)16/h4-7H,8H2,1-3H3,(H3,15,16). The van der Waals surface area contributed by atoms with Gasteiger partial charge in [0.15, 0.2) is 0 Å². The van der Waals surface area contributed by atoms with Gasteiger partial charge in [0.05, 0.1) is 11.4 Å². The van der Waals surface area contributed by atoms with Crippen LogP contribution in [-0.4, -0.2) is 28.1 Å². The van der Waals surface area contributed by atoms with Gasteiger partial charge >= 0.3 is 0 Å². The Kier molecular flexibility index (Phi) is 3.93. The van der Waals surface area contributed by atoms with Crippen molar-refractivity contribution in [3.8, 4) is 0 Å². The molecule has 0 saturated carbocycles. The van der Waals surface area contributed by atoms with Gasteiger partial charge in [0.25, 0.3) is 0 Å². The van der Waals surface area contributed by atoms with Gasteiger partial charge in [0.1, 0.15) is 5.84 Å². The SMILES string of the molecule is Cc1nnc(N(C)Cc2cccc(C(=N)N)c2)nc1C. The third-order valence-corrected chi connectivity index (χ3v) is 3.08. The molecule has 0 aliphatic carbocycles. The number of nitrogens with two attached hydrogens (primary N) is 1. The third-order valence-electron chi connectivity index (χ3n) is 3.08. The summed E-state index contributed by atoms with van der Waals surface area (Å²) < 4.78 is 0. The van der Waals surface area contributed by atoms with Crippen LogP contribution in [0.1, 0.15) is 22.5 Å². The van der Waals surface area contributed by atoms with E-state index in [-0.39, 0.29) is 5.84 Å². The summed E-state index contributed by atoms with van der Waals surface area (Å²) in [4.78, 5) is 6.33. The molecule has 1 aromatic heterocycles. The number of nitrogen functional groups attached to an aromatic ring is 1. The van der Waals surface area contributed by atoms with Crippen molar-refractivity contribution in [2.24, 2.45) is 5.73 Å². The molecule has 2 rings (SSSR count). The van der Waals surface area contributed by atoms with Crippen molar-refractivity contribution in [1.29, 1.82) is 5.41 Å². The quantitative estimate of drug-likeness (QED) is 0.647. The molecule has 0 aliphatic heterocycles. The van der Waals surface area contributed by atoms with Crippen LogP contribution in [0.3, 0.4) is 0 Å². The molecule has 3 N–H and O–H groups in total. The fourth-order valence-electron chi connectivity index (χ4n) is 1.79. The van der Waals surface area contributed by atoms with Gasteiger partial charge in [0, 0.05) is 19.2 Å². The minimum atomic E-state index is 0.0681. The number of anilines is 1. The summed E-state index contributed by atoms with van der Waals surface area (Å²) in [5.74, 6) is 0.653. The summed E-state index contributed by atoms with van der Waals surface area (Å²) in [5.41, 5.74) is 8.97. The molecule has 1 heterocycles. The van der Waals surface area contributed by atoms with Gasteiger partial charge in [-0.25, -0.2) is 4.98 Å². The molecule has 20 heavy (non-hydrogen) atoms. The first kappa shape index (κ1) is 13.9. The van der Waals surface area contributed by atoms with E-state index in [2.05, 4.69) is 15.2 Å². The van der Waals surface area contributed by atoms with Crippen LogP contribution in [0.5, 0.6) is 0 Å². The molecule has 0 radical (unpaired) electrons. The van der Waals surface area contributed by atoms with Crippen LogP contribution in [0.2, 0.25) is 0 Å². The van der Waals surface area contributed by atoms with E-state index < -0.39 is 0 Å². The van der Waals surface area contributed by atoms with E-state index in [1.807, 2.05) is 50.1 Å². The predicted octanol–water partition coefficient (Wildman–Crippen LogP) is 1.41. The molecule has 0 unspecified atom stereocenters. The topological polar surface area (TPSA) is 91.8 Å². The van der Waals surface area contributed by atoms with Crippen LogP contribution in [0, 0.1) is 19.3 Å². The second kappa shape index (κ2) is 5.64. The van der Waals surface area contributed by atoms with Gasteiger partial charge in [0.2, 0.25) is 5.95 Å². The van der Waals surface area contributed by atoms with Crippen LogP contribution in [0.15, 0.2) is 24.3 Å². The number of hydrogen-bond acceptors (Lipinski definition) is 5. The van der Waals surface area contributed by atoms with Crippen LogP contribution in [0.4, 0.5) is 5.95 Å². The number of aryl methyl sites for hydroxylation is 2. The highest BCUT2D eigenvalue weighted by atomic mass is 15.3. The van der Waals surface area contributed by atoms with Crippen LogP contribution >= 0.6 is 0 Å². The fraction of sp³-hybridized carbons (Fsp3) is 0.286. The monoisotopic (exact) mass is 270 g/mol. The molecule has 104 valence electrons. The van der Waals surface area contributed by atoms with Crippen LogP contribution < -0.4 is 10.6 Å². The second-order valence-corrected chi connectivity index (χ2v) is 4.75. The molecule has 0 fully saturated rings. The molecular formula is C14H18N6. The zero-order valence-electron chi connectivity index (χ0n) is 11.9. The van der Waals surface area contributed by atoms with Crippen molar-refractivity contribution >= 4 is 11.8 Å². The van der Waals surface area contributed by atoms with Crippen molar-refractivity contribution in [3.05, 3.63) is 46.8 Å². The maximum absolute atomic E-state index is 7.46. The molecule has 6 nitrogen and oxygen atoms in total. The summed E-state index contributed by atoms with van der Waals surface area (Å²) >= 11 is 0. The van der Waals surface area contributed by atoms with Crippen LogP contribution in [0.25, 0.3) is 0 Å². The Morgan fingerprint density at radius 2 is 2.00 bits per heavy atom. The summed E-state index contributed by atoms with van der Waals surface area (Å²) in [7, 11) is 1.91. The minimum absolute atomic E-state index is 0.0681. The molecule has 0 atom stereocenters. The van der Waals surface area contributed by atoms with Crippen molar-refractivity contribution in [1.82, 2.24) is 15.2 Å². The first-order valence-corrected chi connectivity index (χ1v) is 6.30. The van der Waals surface area contributed by atoms with Crippen molar-refractivity contribution in [2.75, 3.05) is 11.9 Å². The number of hydrogen-bond donors (Lipinski definition) is 2. The first-order valence-electron chi connectivity index (χ1n) is 6.30. The lowest BCUT2D eigenvalue weighted by molar-refractivity contribution is 0.804. The maximum Gasteiger partial charge on any atom is 0.245 e. The average molecular weight is 270 g/mol. The predicted molar refractivity (Wildman–Crippen MR) is 78.9 cm³/mol. The lowest BCUT2D eigenvalue weighted by Crippen LogP contribution is -2.21. The van der Waals surface area contributed by atoms with Gasteiger partial charge < -0.3 is 10.6 Å². The molecule has 0 bridgehead atoms. The Morgan fingerprint density at radius 1 is 1.25 bits per heavy atom. The van der Waals surface area contributed by atoms with Crippen LogP contribution in [-0.2, 0) is 6.54 Å². The highest BCUT2D eigenvalue weighted by molar-refractivity contribution is 5.95. The normalized spacial score (nSPS) is 10.3. The first-order chi connectivity index (χ1) is 9.47. The number of nitrogens with zero attached hydrogens (tertiary/aromatic N) is 4. The summed E-state index contributed by atoms with van der Waals surface area (Å²) in [6.45, 7) is 4.43. The Hall–Kier alpha value is -2.50. The number of benzene rings is 1. The molecule has 0 spiro atoms. The van der Waals surface area contributed by atoms with Crippen molar-refractivity contribution < 1.29 is 0 Å². The number of amidine groups is 1. The highest BCUT2D eigenvalue weighted by Crippen LogP contribution is 2.12. The van der Waals surface area contributed by atoms with E-state index in [1.54, 1.807) is 0 Å². The largest absolute Gasteiger partial charge is 0.384 e. The fourth-order valence-corrected chi connectivity index (χ4v) is 1.79. The Bertz CT molecular complexity index is 637. The number of rotatable bonds is 4. The third kappa shape index (κ3) is 3.09. The summed E-state index contributed by atoms with van der Waals surface area (Å²) in [6, 6.07) is 7.59. The van der Waals surface area contributed by atoms with Gasteiger partial charge in [-0.3, -0.25) is 5.41 Å². The number of aromatic nitrogens is 3. The molecule has 2 aromatic rings. The van der Waals surface area contributed by atoms with Crippen molar-refractivity contribution in [3.63, 3.8) is 0 Å². The maximum atomic E-state index is 7.46. The summed E-state index contributed by atoms with van der Waals surface area (Å²) in [6.07, 6.45) is 0. The zero-order valence-corrected chi connectivity index (χ0v) is 11.9. The van der Waals surface area contributed by atoms with Gasteiger partial charge in [-0.05, 0) is 25.5 Å². The summed E-state index contributed by atoms with van der Waals surface area (Å²) in [5, 5.41) is 15.6. The molecule has 0 aliphatic rings. The molecule has 1 aromatic carbocycles. The van der Waals surface area contributed by atoms with E-state index in [0.29, 0.717) is 12.5 Å². The number of nitrogens with one attached hydrogen (secondary N) is 1. The van der Waals surface area contributed by atoms with E-state index in [0.717, 1.165) is 22.5 Å². The van der Waals surface area contributed by atoms with E-state index in [1.165, 1.54) is 0 Å². The Balaban J connectivity index is 2.18. The van der Waals surface area contributed by atoms with Gasteiger partial charge in [-0.15, -0.1) is 5.10 Å².